The van der Waals surface area contributed by atoms with Gasteiger partial charge in [-0.25, -0.2) is 0 Å². The van der Waals surface area contributed by atoms with E-state index in [0.29, 0.717) is 21.9 Å². The van der Waals surface area contributed by atoms with E-state index in [1.807, 2.05) is 42.5 Å². The summed E-state index contributed by atoms with van der Waals surface area (Å²) in [6.07, 6.45) is 0. The van der Waals surface area contributed by atoms with E-state index in [-0.39, 0.29) is 10.8 Å². The van der Waals surface area contributed by atoms with Crippen molar-refractivity contribution in [2.24, 2.45) is 0 Å². The second kappa shape index (κ2) is 11.1. The Morgan fingerprint density at radius 1 is 0.519 bits per heavy atom. The summed E-state index contributed by atoms with van der Waals surface area (Å²) in [5.41, 5.74) is 10.1. The Morgan fingerprint density at radius 3 is 1.79 bits per heavy atom. The van der Waals surface area contributed by atoms with Gasteiger partial charge in [-0.15, -0.1) is 0 Å². The molecule has 0 spiro atoms. The molecule has 0 N–H and O–H groups in total. The average molecular weight is 674 g/mol. The zero-order valence-electron chi connectivity index (χ0n) is 29.2. The van der Waals surface area contributed by atoms with Gasteiger partial charge in [-0.3, -0.25) is 4.79 Å². The normalized spacial score (nSPS) is 13.9. The molecule has 250 valence electrons. The van der Waals surface area contributed by atoms with Gasteiger partial charge in [-0.2, -0.15) is 0 Å². The van der Waals surface area contributed by atoms with Gasteiger partial charge in [0, 0.05) is 22.0 Å². The van der Waals surface area contributed by atoms with Gasteiger partial charge in [-0.05, 0) is 70.1 Å². The predicted octanol–water partition coefficient (Wildman–Crippen LogP) is 12.3. The van der Waals surface area contributed by atoms with Crippen LogP contribution in [0.25, 0.3) is 43.9 Å². The van der Waals surface area contributed by atoms with Crippen molar-refractivity contribution in [3.05, 3.63) is 196 Å². The fourth-order valence-corrected chi connectivity index (χ4v) is 8.56. The molecule has 2 aromatic heterocycles. The van der Waals surface area contributed by atoms with E-state index in [4.69, 9.17) is 8.83 Å². The zero-order chi connectivity index (χ0) is 35.2. The lowest BCUT2D eigenvalue weighted by molar-refractivity contribution is 0.570. The van der Waals surface area contributed by atoms with Gasteiger partial charge < -0.3 is 13.7 Å². The SMILES string of the molecule is CC(C)(C)c1cc(N2c3ccccc3C(c3ccccc3)(c3ccccc3)c3ccc4c(oc5ccccc54)c32)cc2c(=O)c3ccccc3oc12. The monoisotopic (exact) mass is 673 g/mol. The number of rotatable bonds is 3. The van der Waals surface area contributed by atoms with E-state index in [0.717, 1.165) is 66.8 Å². The summed E-state index contributed by atoms with van der Waals surface area (Å²) in [6.45, 7) is 6.52. The fraction of sp³-hybridized carbons (Fsp3) is 0.104. The number of benzene rings is 7. The second-order valence-electron chi connectivity index (χ2n) is 14.8. The number of nitrogens with zero attached hydrogens (tertiary/aromatic N) is 1. The highest BCUT2D eigenvalue weighted by Crippen LogP contribution is 2.60. The third-order valence-electron chi connectivity index (χ3n) is 10.8. The minimum Gasteiger partial charge on any atom is -0.456 e. The van der Waals surface area contributed by atoms with Crippen LogP contribution in [0, 0.1) is 0 Å². The topological polar surface area (TPSA) is 46.6 Å². The molecule has 10 rings (SSSR count). The number of para-hydroxylation sites is 3. The summed E-state index contributed by atoms with van der Waals surface area (Å²) in [5.74, 6) is 0. The quantitative estimate of drug-likeness (QED) is 0.175. The molecule has 0 radical (unpaired) electrons. The van der Waals surface area contributed by atoms with Crippen LogP contribution in [0.4, 0.5) is 17.1 Å². The van der Waals surface area contributed by atoms with Crippen molar-refractivity contribution in [2.75, 3.05) is 4.90 Å². The van der Waals surface area contributed by atoms with E-state index in [1.54, 1.807) is 0 Å². The van der Waals surface area contributed by atoms with E-state index in [1.165, 1.54) is 0 Å². The van der Waals surface area contributed by atoms with Gasteiger partial charge in [0.05, 0.1) is 27.6 Å². The highest BCUT2D eigenvalue weighted by Gasteiger charge is 2.48. The highest BCUT2D eigenvalue weighted by molar-refractivity contribution is 6.13. The Balaban J connectivity index is 1.41. The first-order chi connectivity index (χ1) is 25.4. The smallest absolute Gasteiger partial charge is 0.200 e. The second-order valence-corrected chi connectivity index (χ2v) is 14.8. The van der Waals surface area contributed by atoms with Crippen molar-refractivity contribution < 1.29 is 8.83 Å². The van der Waals surface area contributed by atoms with Gasteiger partial charge in [0.15, 0.2) is 5.58 Å². The summed E-state index contributed by atoms with van der Waals surface area (Å²) >= 11 is 0. The highest BCUT2D eigenvalue weighted by atomic mass is 16.3. The molecule has 0 unspecified atom stereocenters. The Bertz CT molecular complexity index is 2870. The minimum atomic E-state index is -0.683. The van der Waals surface area contributed by atoms with Gasteiger partial charge >= 0.3 is 0 Å². The molecule has 7 aromatic carbocycles. The van der Waals surface area contributed by atoms with E-state index in [2.05, 4.69) is 141 Å². The van der Waals surface area contributed by atoms with Crippen LogP contribution in [0.5, 0.6) is 0 Å². The van der Waals surface area contributed by atoms with Crippen LogP contribution in [0.3, 0.4) is 0 Å². The van der Waals surface area contributed by atoms with E-state index < -0.39 is 5.41 Å². The van der Waals surface area contributed by atoms with Crippen molar-refractivity contribution in [3.8, 4) is 0 Å². The first-order valence-corrected chi connectivity index (χ1v) is 17.8. The molecule has 1 aliphatic rings. The Hall–Kier alpha value is -6.39. The lowest BCUT2D eigenvalue weighted by Gasteiger charge is -2.46. The number of fused-ring (bicyclic) bond motifs is 8. The van der Waals surface area contributed by atoms with Crippen LogP contribution in [0.15, 0.2) is 171 Å². The molecule has 0 aliphatic carbocycles. The molecule has 3 heterocycles. The van der Waals surface area contributed by atoms with Gasteiger partial charge in [0.25, 0.3) is 0 Å². The number of hydrogen-bond donors (Lipinski definition) is 0. The molecular weight excluding hydrogens is 639 g/mol. The molecule has 52 heavy (non-hydrogen) atoms. The molecule has 4 heteroatoms. The van der Waals surface area contributed by atoms with Gasteiger partial charge in [-0.1, -0.05) is 136 Å². The molecule has 0 atom stereocenters. The molecule has 4 nitrogen and oxygen atoms in total. The van der Waals surface area contributed by atoms with Crippen molar-refractivity contribution in [1.82, 2.24) is 0 Å². The van der Waals surface area contributed by atoms with Crippen LogP contribution in [-0.4, -0.2) is 0 Å². The molecule has 0 amide bonds. The van der Waals surface area contributed by atoms with Crippen LogP contribution in [0.2, 0.25) is 0 Å². The molecule has 0 saturated heterocycles. The lowest BCUT2D eigenvalue weighted by atomic mass is 9.62. The average Bonchev–Trinajstić information content (AvgIpc) is 3.56. The van der Waals surface area contributed by atoms with Gasteiger partial charge in [0.2, 0.25) is 5.43 Å². The lowest BCUT2D eigenvalue weighted by Crippen LogP contribution is -2.37. The maximum Gasteiger partial charge on any atom is 0.200 e. The number of hydrogen-bond acceptors (Lipinski definition) is 4. The number of anilines is 3. The van der Waals surface area contributed by atoms with Crippen molar-refractivity contribution in [2.45, 2.75) is 31.6 Å². The summed E-state index contributed by atoms with van der Waals surface area (Å²) in [5, 5.41) is 3.22. The van der Waals surface area contributed by atoms with Crippen LogP contribution in [0.1, 0.15) is 48.6 Å². The molecular formula is C48H35NO3. The maximum absolute atomic E-state index is 14.4. The molecule has 0 bridgehead atoms. The third-order valence-corrected chi connectivity index (χ3v) is 10.8. The van der Waals surface area contributed by atoms with E-state index >= 15 is 0 Å². The van der Waals surface area contributed by atoms with Crippen molar-refractivity contribution in [3.63, 3.8) is 0 Å². The molecule has 0 fully saturated rings. The van der Waals surface area contributed by atoms with Gasteiger partial charge in [0.1, 0.15) is 16.7 Å². The standard InChI is InChI=1S/C48H35NO3/c1-47(2,3)39-29-32(28-36-44(50)35-21-11-15-25-42(35)51-45(36)39)49-40-23-13-12-22-37(40)48(30-16-6-4-7-17-30,31-18-8-5-9-19-31)38-27-26-34-33-20-10-14-24-41(33)52-46(34)43(38)49/h4-29H,1-3H3. The summed E-state index contributed by atoms with van der Waals surface area (Å²) in [4.78, 5) is 16.7. The van der Waals surface area contributed by atoms with Crippen LogP contribution < -0.4 is 10.3 Å². The minimum absolute atomic E-state index is 0.0421. The summed E-state index contributed by atoms with van der Waals surface area (Å²) in [7, 11) is 0. The Morgan fingerprint density at radius 2 is 1.10 bits per heavy atom. The Kier molecular flexibility index (Phi) is 6.47. The Labute approximate surface area is 301 Å². The van der Waals surface area contributed by atoms with Crippen molar-refractivity contribution >= 4 is 60.9 Å². The summed E-state index contributed by atoms with van der Waals surface area (Å²) < 4.78 is 13.5. The van der Waals surface area contributed by atoms with Crippen LogP contribution >= 0.6 is 0 Å². The largest absolute Gasteiger partial charge is 0.456 e. The van der Waals surface area contributed by atoms with Crippen molar-refractivity contribution in [1.29, 1.82) is 0 Å². The first kappa shape index (κ1) is 30.4. The fourth-order valence-electron chi connectivity index (χ4n) is 8.56. The number of furan rings is 1. The molecule has 1 aliphatic heterocycles. The first-order valence-electron chi connectivity index (χ1n) is 17.8. The predicted molar refractivity (Wildman–Crippen MR) is 213 cm³/mol. The summed E-state index contributed by atoms with van der Waals surface area (Å²) in [6, 6.07) is 54.7. The van der Waals surface area contributed by atoms with Crippen LogP contribution in [-0.2, 0) is 10.8 Å². The molecule has 9 aromatic rings. The third kappa shape index (κ3) is 4.18. The van der Waals surface area contributed by atoms with E-state index in [9.17, 15) is 4.79 Å². The zero-order valence-corrected chi connectivity index (χ0v) is 29.2. The molecule has 0 saturated carbocycles. The maximum atomic E-state index is 14.4.